The van der Waals surface area contributed by atoms with Gasteiger partial charge >= 0.3 is 0 Å². The lowest BCUT2D eigenvalue weighted by molar-refractivity contribution is 0.534. The number of hydrogen-bond donors (Lipinski definition) is 0. The van der Waals surface area contributed by atoms with Gasteiger partial charge in [0.05, 0.1) is 0 Å². The zero-order valence-electron chi connectivity index (χ0n) is 9.57. The van der Waals surface area contributed by atoms with Gasteiger partial charge in [0.1, 0.15) is 7.14 Å². The van der Waals surface area contributed by atoms with E-state index in [-0.39, 0.29) is 0 Å². The molecular formula is C15H15OP. The highest BCUT2D eigenvalue weighted by Crippen LogP contribution is 2.68. The Balaban J connectivity index is 1.84. The maximum Gasteiger partial charge on any atom is 0.140 e. The third-order valence-corrected chi connectivity index (χ3v) is 7.94. The molecule has 5 atom stereocenters. The lowest BCUT2D eigenvalue weighted by Crippen LogP contribution is -2.23. The van der Waals surface area contributed by atoms with Crippen LogP contribution in [-0.4, -0.2) is 5.66 Å². The number of fused-ring (bicyclic) bond motifs is 5. The molecule has 17 heavy (non-hydrogen) atoms. The second kappa shape index (κ2) is 3.23. The summed E-state index contributed by atoms with van der Waals surface area (Å²) in [6.45, 7) is 0. The molecule has 1 fully saturated rings. The van der Waals surface area contributed by atoms with Gasteiger partial charge in [0.25, 0.3) is 0 Å². The maximum atomic E-state index is 13.3. The van der Waals surface area contributed by atoms with E-state index in [0.29, 0.717) is 23.4 Å². The van der Waals surface area contributed by atoms with Crippen molar-refractivity contribution >= 4 is 12.4 Å². The molecule has 1 heterocycles. The molecule has 0 spiro atoms. The largest absolute Gasteiger partial charge is 0.314 e. The highest BCUT2D eigenvalue weighted by molar-refractivity contribution is 7.75. The van der Waals surface area contributed by atoms with E-state index in [4.69, 9.17) is 0 Å². The van der Waals surface area contributed by atoms with E-state index in [9.17, 15) is 4.57 Å². The Hall–Kier alpha value is -1.07. The van der Waals surface area contributed by atoms with Gasteiger partial charge < -0.3 is 4.57 Å². The Bertz CT molecular complexity index is 558. The molecule has 2 aliphatic carbocycles. The molecule has 1 saturated carbocycles. The van der Waals surface area contributed by atoms with E-state index in [0.717, 1.165) is 5.30 Å². The zero-order chi connectivity index (χ0) is 11.5. The molecule has 0 aromatic heterocycles. The molecule has 0 N–H and O–H groups in total. The van der Waals surface area contributed by atoms with E-state index < -0.39 is 7.14 Å². The van der Waals surface area contributed by atoms with Crippen LogP contribution in [0.3, 0.4) is 0 Å². The summed E-state index contributed by atoms with van der Waals surface area (Å²) in [5.74, 6) is 3.77. The van der Waals surface area contributed by atoms with Crippen molar-refractivity contribution in [3.8, 4) is 0 Å². The molecule has 86 valence electrons. The summed E-state index contributed by atoms with van der Waals surface area (Å²) < 4.78 is 13.3. The van der Waals surface area contributed by atoms with Crippen LogP contribution in [0, 0.1) is 17.8 Å². The molecule has 1 nitrogen and oxygen atoms in total. The van der Waals surface area contributed by atoms with Crippen LogP contribution in [0.2, 0.25) is 0 Å². The Labute approximate surface area is 102 Å². The molecule has 3 aliphatic rings. The minimum Gasteiger partial charge on any atom is -0.314 e. The molecule has 2 bridgehead atoms. The summed E-state index contributed by atoms with van der Waals surface area (Å²) in [5, 5.41) is 1.05. The summed E-state index contributed by atoms with van der Waals surface area (Å²) in [7, 11) is -2.30. The average Bonchev–Trinajstić information content (AvgIpc) is 3.04. The molecule has 0 saturated heterocycles. The van der Waals surface area contributed by atoms with Crippen LogP contribution in [0.15, 0.2) is 54.4 Å². The second-order valence-corrected chi connectivity index (χ2v) is 8.23. The number of hydrogen-bond acceptors (Lipinski definition) is 1. The van der Waals surface area contributed by atoms with Crippen LogP contribution in [0.4, 0.5) is 0 Å². The Kier molecular flexibility index (Phi) is 1.89. The van der Waals surface area contributed by atoms with Crippen LogP contribution in [0.5, 0.6) is 0 Å². The molecule has 5 unspecified atom stereocenters. The van der Waals surface area contributed by atoms with Gasteiger partial charge in [-0.15, -0.1) is 0 Å². The van der Waals surface area contributed by atoms with E-state index in [1.807, 2.05) is 36.1 Å². The van der Waals surface area contributed by atoms with Crippen molar-refractivity contribution < 1.29 is 4.57 Å². The summed E-state index contributed by atoms with van der Waals surface area (Å²) in [6.07, 6.45) is 8.08. The summed E-state index contributed by atoms with van der Waals surface area (Å²) in [4.78, 5) is 0. The fourth-order valence-electron chi connectivity index (χ4n) is 3.88. The zero-order valence-corrected chi connectivity index (χ0v) is 10.5. The molecule has 0 amide bonds. The Morgan fingerprint density at radius 3 is 2.59 bits per heavy atom. The van der Waals surface area contributed by atoms with Crippen LogP contribution in [0.25, 0.3) is 0 Å². The molecule has 1 aromatic rings. The third-order valence-electron chi connectivity index (χ3n) is 4.61. The van der Waals surface area contributed by atoms with Crippen molar-refractivity contribution in [3.05, 3.63) is 54.4 Å². The topological polar surface area (TPSA) is 17.1 Å². The summed E-state index contributed by atoms with van der Waals surface area (Å²) in [5.41, 5.74) is 0.361. The van der Waals surface area contributed by atoms with Crippen LogP contribution in [0.1, 0.15) is 6.42 Å². The summed E-state index contributed by atoms with van der Waals surface area (Å²) in [6, 6.07) is 10.1. The quantitative estimate of drug-likeness (QED) is 0.545. The van der Waals surface area contributed by atoms with E-state index in [1.54, 1.807) is 0 Å². The van der Waals surface area contributed by atoms with E-state index in [2.05, 4.69) is 18.2 Å². The normalized spacial score (nSPS) is 45.4. The highest BCUT2D eigenvalue weighted by atomic mass is 31.2. The number of rotatable bonds is 1. The monoisotopic (exact) mass is 242 g/mol. The standard InChI is InChI=1S/C15H15OP/c16-17(13-4-2-1-3-5-13)9-8-14-11-6-7-12(10-11)15(14)17/h1-9,11-12,14-15H,10H2. The minimum atomic E-state index is -2.30. The molecule has 1 aliphatic heterocycles. The van der Waals surface area contributed by atoms with Gasteiger partial charge in [-0.2, -0.15) is 0 Å². The van der Waals surface area contributed by atoms with Gasteiger partial charge in [-0.05, 0) is 30.0 Å². The lowest BCUT2D eigenvalue weighted by Gasteiger charge is -2.26. The fraction of sp³-hybridized carbons (Fsp3) is 0.333. The Morgan fingerprint density at radius 2 is 1.76 bits per heavy atom. The highest BCUT2D eigenvalue weighted by Gasteiger charge is 2.54. The Morgan fingerprint density at radius 1 is 1.00 bits per heavy atom. The predicted molar refractivity (Wildman–Crippen MR) is 70.8 cm³/mol. The van der Waals surface area contributed by atoms with E-state index in [1.165, 1.54) is 6.42 Å². The number of allylic oxidation sites excluding steroid dienone is 3. The second-order valence-electron chi connectivity index (χ2n) is 5.40. The third kappa shape index (κ3) is 1.18. The molecule has 1 aromatic carbocycles. The lowest BCUT2D eigenvalue weighted by atomic mass is 9.94. The molecular weight excluding hydrogens is 227 g/mol. The first kappa shape index (κ1) is 9.91. The van der Waals surface area contributed by atoms with Crippen molar-refractivity contribution in [3.63, 3.8) is 0 Å². The molecule has 2 heteroatoms. The van der Waals surface area contributed by atoms with Gasteiger partial charge in [0.15, 0.2) is 0 Å². The first-order chi connectivity index (χ1) is 8.29. The van der Waals surface area contributed by atoms with Crippen molar-refractivity contribution in [2.75, 3.05) is 0 Å². The van der Waals surface area contributed by atoms with Crippen LogP contribution in [-0.2, 0) is 4.57 Å². The molecule has 4 rings (SSSR count). The van der Waals surface area contributed by atoms with Crippen LogP contribution < -0.4 is 5.30 Å². The van der Waals surface area contributed by atoms with E-state index >= 15 is 0 Å². The smallest absolute Gasteiger partial charge is 0.140 e. The van der Waals surface area contributed by atoms with Gasteiger partial charge in [0, 0.05) is 11.0 Å². The summed E-state index contributed by atoms with van der Waals surface area (Å²) >= 11 is 0. The molecule has 0 radical (unpaired) electrons. The minimum absolute atomic E-state index is 0.361. The van der Waals surface area contributed by atoms with Gasteiger partial charge in [0.2, 0.25) is 0 Å². The van der Waals surface area contributed by atoms with Crippen molar-refractivity contribution in [1.82, 2.24) is 0 Å². The van der Waals surface area contributed by atoms with Crippen molar-refractivity contribution in [2.45, 2.75) is 12.1 Å². The predicted octanol–water partition coefficient (Wildman–Crippen LogP) is 3.39. The van der Waals surface area contributed by atoms with Crippen LogP contribution >= 0.6 is 7.14 Å². The first-order valence-electron chi connectivity index (χ1n) is 6.32. The van der Waals surface area contributed by atoms with Gasteiger partial charge in [-0.25, -0.2) is 0 Å². The van der Waals surface area contributed by atoms with Gasteiger partial charge in [-0.3, -0.25) is 0 Å². The fourth-order valence-corrected chi connectivity index (χ4v) is 7.31. The van der Waals surface area contributed by atoms with Crippen molar-refractivity contribution in [2.24, 2.45) is 17.8 Å². The first-order valence-corrected chi connectivity index (χ1v) is 8.16. The van der Waals surface area contributed by atoms with Gasteiger partial charge in [-0.1, -0.05) is 48.6 Å². The van der Waals surface area contributed by atoms with Crippen molar-refractivity contribution in [1.29, 1.82) is 0 Å². The number of benzene rings is 1. The average molecular weight is 242 g/mol. The SMILES string of the molecule is O=P1(c2ccccc2)C=CC2C3C=CC(C3)C21. The maximum absolute atomic E-state index is 13.3.